The van der Waals surface area contributed by atoms with Gasteiger partial charge in [0.2, 0.25) is 0 Å². The van der Waals surface area contributed by atoms with Crippen LogP contribution in [-0.2, 0) is 76.1 Å². The summed E-state index contributed by atoms with van der Waals surface area (Å²) < 4.78 is 63.7. The fraction of sp³-hybridized carbons (Fsp3) is 0.462. The van der Waals surface area contributed by atoms with Gasteiger partial charge in [0.25, 0.3) is 0 Å². The van der Waals surface area contributed by atoms with Gasteiger partial charge in [0.05, 0.1) is 17.7 Å². The van der Waals surface area contributed by atoms with Crippen molar-refractivity contribution in [1.82, 2.24) is 0 Å². The molecule has 2 aromatic rings. The van der Waals surface area contributed by atoms with Gasteiger partial charge < -0.3 is 52.1 Å². The zero-order valence-electron chi connectivity index (χ0n) is 31.8. The molecule has 0 unspecified atom stereocenters. The summed E-state index contributed by atoms with van der Waals surface area (Å²) in [5.74, 6) is -6.00. The van der Waals surface area contributed by atoms with Gasteiger partial charge in [-0.2, -0.15) is 0 Å². The molecule has 2 heterocycles. The van der Waals surface area contributed by atoms with E-state index >= 15 is 0 Å². The number of carbonyl (C=O) groups is 7. The van der Waals surface area contributed by atoms with E-state index in [4.69, 9.17) is 52.1 Å². The summed E-state index contributed by atoms with van der Waals surface area (Å²) in [5, 5.41) is 0. The number of benzene rings is 2. The Hall–Kier alpha value is -5.69. The Bertz CT molecular complexity index is 1730. The van der Waals surface area contributed by atoms with Crippen molar-refractivity contribution in [2.45, 2.75) is 96.0 Å². The van der Waals surface area contributed by atoms with E-state index in [1.54, 1.807) is 36.4 Å². The van der Waals surface area contributed by atoms with Crippen molar-refractivity contribution in [3.05, 3.63) is 84.4 Å². The number of esters is 7. The molecule has 0 amide bonds. The normalized spacial score (nSPS) is 26.8. The molecule has 2 saturated heterocycles. The van der Waals surface area contributed by atoms with Crippen LogP contribution in [-0.4, -0.2) is 123 Å². The summed E-state index contributed by atoms with van der Waals surface area (Å²) in [4.78, 5) is 88.7. The molecule has 0 radical (unpaired) electrons. The monoisotopic (exact) mass is 800 g/mol. The summed E-state index contributed by atoms with van der Waals surface area (Å²) in [6.07, 6.45) is -14.7. The van der Waals surface area contributed by atoms with Crippen LogP contribution in [0, 0.1) is 0 Å². The number of carbonyl (C=O) groups excluding carboxylic acids is 7. The van der Waals surface area contributed by atoms with Crippen molar-refractivity contribution < 1.29 is 85.7 Å². The standard InChI is InChI=1S/C39H44O18/c1-7-18-47-38-34(56-37(46)27-16-12-9-13-17-27)33(31(51-23(4)42)29(54-38)20-49-36(45)26-14-10-8-11-15-26)57-39-35(53-25(6)44)32(52-24(5)43)30(50-22(3)41)28(55-39)19-48-21(2)40/h7-17,28-35,38-39H,1,18-20H2,2-6H3/t28-,29-,30-,31-,32+,33+,34-,35-,38+,39+/m1/s1. The van der Waals surface area contributed by atoms with E-state index in [1.807, 2.05) is 0 Å². The van der Waals surface area contributed by atoms with Crippen LogP contribution in [0.25, 0.3) is 0 Å². The lowest BCUT2D eigenvalue weighted by Crippen LogP contribution is -2.67. The Labute approximate surface area is 327 Å². The second-order valence-corrected chi connectivity index (χ2v) is 12.6. The summed E-state index contributed by atoms with van der Waals surface area (Å²) in [5.41, 5.74) is 0.283. The van der Waals surface area contributed by atoms with Crippen LogP contribution < -0.4 is 0 Å². The van der Waals surface area contributed by atoms with E-state index < -0.39 is 116 Å². The summed E-state index contributed by atoms with van der Waals surface area (Å²) in [7, 11) is 0. The molecule has 18 nitrogen and oxygen atoms in total. The van der Waals surface area contributed by atoms with Gasteiger partial charge in [0, 0.05) is 34.6 Å². The Kier molecular flexibility index (Phi) is 16.2. The zero-order chi connectivity index (χ0) is 41.6. The lowest BCUT2D eigenvalue weighted by atomic mass is 9.95. The molecule has 18 heteroatoms. The third-order valence-corrected chi connectivity index (χ3v) is 8.15. The predicted octanol–water partition coefficient (Wildman–Crippen LogP) is 2.40. The minimum absolute atomic E-state index is 0.0916. The highest BCUT2D eigenvalue weighted by Gasteiger charge is 2.58. The van der Waals surface area contributed by atoms with Crippen LogP contribution in [0.2, 0.25) is 0 Å². The molecule has 4 rings (SSSR count). The maximum absolute atomic E-state index is 13.6. The summed E-state index contributed by atoms with van der Waals surface area (Å²) in [6.45, 7) is 7.63. The van der Waals surface area contributed by atoms with Gasteiger partial charge in [-0.25, -0.2) is 9.59 Å². The smallest absolute Gasteiger partial charge is 0.338 e. The first-order valence-corrected chi connectivity index (χ1v) is 17.7. The molecular weight excluding hydrogens is 756 g/mol. The maximum atomic E-state index is 13.6. The number of ether oxygens (including phenoxy) is 11. The molecular formula is C39H44O18. The molecule has 2 aromatic carbocycles. The SMILES string of the molecule is C=CCO[C@H]1O[C@H](COC(=O)c2ccccc2)[C@@H](OC(C)=O)[C@H](O[C@@H]2O[C@H](COC(C)=O)[C@@H](OC(C)=O)[C@H](OC(C)=O)[C@H]2OC(C)=O)[C@H]1OC(=O)c1ccccc1. The third kappa shape index (κ3) is 12.7. The van der Waals surface area contributed by atoms with Crippen molar-refractivity contribution in [3.63, 3.8) is 0 Å². The average Bonchev–Trinajstić information content (AvgIpc) is 3.16. The van der Waals surface area contributed by atoms with Gasteiger partial charge in [-0.1, -0.05) is 42.5 Å². The molecule has 0 bridgehead atoms. The highest BCUT2D eigenvalue weighted by atomic mass is 16.8. The van der Waals surface area contributed by atoms with Crippen LogP contribution in [0.15, 0.2) is 73.3 Å². The maximum Gasteiger partial charge on any atom is 0.338 e. The second kappa shape index (κ2) is 21.0. The molecule has 0 aliphatic carbocycles. The molecule has 0 N–H and O–H groups in total. The Morgan fingerprint density at radius 1 is 0.526 bits per heavy atom. The molecule has 0 spiro atoms. The van der Waals surface area contributed by atoms with E-state index in [-0.39, 0.29) is 17.7 Å². The Morgan fingerprint density at radius 3 is 1.47 bits per heavy atom. The minimum atomic E-state index is -1.85. The fourth-order valence-electron chi connectivity index (χ4n) is 5.96. The first-order chi connectivity index (χ1) is 27.2. The first-order valence-electron chi connectivity index (χ1n) is 17.7. The van der Waals surface area contributed by atoms with Gasteiger partial charge in [-0.3, -0.25) is 24.0 Å². The van der Waals surface area contributed by atoms with Gasteiger partial charge >= 0.3 is 41.8 Å². The lowest BCUT2D eigenvalue weighted by molar-refractivity contribution is -0.359. The van der Waals surface area contributed by atoms with E-state index in [1.165, 1.54) is 30.3 Å². The molecule has 57 heavy (non-hydrogen) atoms. The topological polar surface area (TPSA) is 221 Å². The third-order valence-electron chi connectivity index (χ3n) is 8.15. The number of hydrogen-bond donors (Lipinski definition) is 0. The van der Waals surface area contributed by atoms with Gasteiger partial charge in [0.1, 0.15) is 31.5 Å². The fourth-order valence-corrected chi connectivity index (χ4v) is 5.96. The Balaban J connectivity index is 1.85. The first kappa shape index (κ1) is 44.0. The van der Waals surface area contributed by atoms with Crippen LogP contribution in [0.1, 0.15) is 55.3 Å². The van der Waals surface area contributed by atoms with E-state index in [0.29, 0.717) is 0 Å². The van der Waals surface area contributed by atoms with Crippen molar-refractivity contribution in [1.29, 1.82) is 0 Å². The molecule has 2 aliphatic rings. The van der Waals surface area contributed by atoms with Crippen LogP contribution in [0.3, 0.4) is 0 Å². The molecule has 10 atom stereocenters. The van der Waals surface area contributed by atoms with E-state index in [2.05, 4.69) is 6.58 Å². The average molecular weight is 801 g/mol. The zero-order valence-corrected chi connectivity index (χ0v) is 31.8. The largest absolute Gasteiger partial charge is 0.463 e. The molecule has 308 valence electrons. The van der Waals surface area contributed by atoms with E-state index in [0.717, 1.165) is 34.6 Å². The number of rotatable bonds is 16. The Morgan fingerprint density at radius 2 is 0.965 bits per heavy atom. The second-order valence-electron chi connectivity index (χ2n) is 12.6. The van der Waals surface area contributed by atoms with Crippen LogP contribution in [0.4, 0.5) is 0 Å². The van der Waals surface area contributed by atoms with Gasteiger partial charge in [-0.05, 0) is 24.3 Å². The van der Waals surface area contributed by atoms with Crippen molar-refractivity contribution >= 4 is 41.8 Å². The van der Waals surface area contributed by atoms with Crippen LogP contribution >= 0.6 is 0 Å². The molecule has 0 saturated carbocycles. The van der Waals surface area contributed by atoms with Crippen LogP contribution in [0.5, 0.6) is 0 Å². The number of hydrogen-bond acceptors (Lipinski definition) is 18. The van der Waals surface area contributed by atoms with Gasteiger partial charge in [-0.15, -0.1) is 6.58 Å². The van der Waals surface area contributed by atoms with Gasteiger partial charge in [0.15, 0.2) is 43.1 Å². The summed E-state index contributed by atoms with van der Waals surface area (Å²) >= 11 is 0. The quantitative estimate of drug-likeness (QED) is 0.135. The summed E-state index contributed by atoms with van der Waals surface area (Å²) in [6, 6.07) is 15.8. The predicted molar refractivity (Wildman–Crippen MR) is 190 cm³/mol. The van der Waals surface area contributed by atoms with E-state index in [9.17, 15) is 33.6 Å². The molecule has 0 aromatic heterocycles. The molecule has 2 aliphatic heterocycles. The highest BCUT2D eigenvalue weighted by molar-refractivity contribution is 5.90. The lowest BCUT2D eigenvalue weighted by Gasteiger charge is -2.48. The molecule has 2 fully saturated rings. The van der Waals surface area contributed by atoms with Crippen molar-refractivity contribution in [2.24, 2.45) is 0 Å². The minimum Gasteiger partial charge on any atom is -0.463 e. The highest BCUT2D eigenvalue weighted by Crippen LogP contribution is 2.36. The van der Waals surface area contributed by atoms with Crippen molar-refractivity contribution in [3.8, 4) is 0 Å². The van der Waals surface area contributed by atoms with Crippen molar-refractivity contribution in [2.75, 3.05) is 19.8 Å².